The van der Waals surface area contributed by atoms with Crippen LogP contribution in [0.2, 0.25) is 0 Å². The number of likely N-dealkylation sites (N-methyl/N-ethyl adjacent to an activating group) is 1. The number of imidazole rings is 1. The van der Waals surface area contributed by atoms with E-state index in [-0.39, 0.29) is 22.5 Å². The first-order valence-corrected chi connectivity index (χ1v) is 11.7. The molecule has 1 heterocycles. The molecule has 9 nitrogen and oxygen atoms in total. The summed E-state index contributed by atoms with van der Waals surface area (Å²) in [6.07, 6.45) is 1.80. The van der Waals surface area contributed by atoms with Gasteiger partial charge in [0, 0.05) is 30.8 Å². The molecule has 3 aromatic rings. The molecule has 1 aliphatic carbocycles. The van der Waals surface area contributed by atoms with E-state index >= 15 is 0 Å². The molecule has 0 aliphatic heterocycles. The summed E-state index contributed by atoms with van der Waals surface area (Å²) in [6, 6.07) is 11.1. The van der Waals surface area contributed by atoms with E-state index in [1.807, 2.05) is 6.92 Å². The minimum Gasteiger partial charge on any atom is -0.384 e. The number of carbonyl (C=O) groups is 1. The Bertz CT molecular complexity index is 1170. The predicted octanol–water partition coefficient (Wildman–Crippen LogP) is 2.70. The maximum absolute atomic E-state index is 12.6. The molecule has 1 aliphatic rings. The molecular formula is C21H25N5O4S. The summed E-state index contributed by atoms with van der Waals surface area (Å²) in [5, 5.41) is 9.16. The molecule has 0 radical (unpaired) electrons. The van der Waals surface area contributed by atoms with Gasteiger partial charge in [0.25, 0.3) is 0 Å². The van der Waals surface area contributed by atoms with Crippen molar-refractivity contribution in [2.45, 2.75) is 24.7 Å². The van der Waals surface area contributed by atoms with Gasteiger partial charge >= 0.3 is 10.1 Å². The van der Waals surface area contributed by atoms with Crippen molar-refractivity contribution >= 4 is 38.7 Å². The van der Waals surface area contributed by atoms with E-state index in [0.29, 0.717) is 17.0 Å². The van der Waals surface area contributed by atoms with Crippen LogP contribution >= 0.6 is 0 Å². The Morgan fingerprint density at radius 3 is 2.65 bits per heavy atom. The van der Waals surface area contributed by atoms with Gasteiger partial charge in [0.1, 0.15) is 10.6 Å². The average molecular weight is 444 g/mol. The summed E-state index contributed by atoms with van der Waals surface area (Å²) in [6.45, 7) is 4.50. The van der Waals surface area contributed by atoms with Crippen molar-refractivity contribution in [1.82, 2.24) is 15.3 Å². The number of amides is 1. The second kappa shape index (κ2) is 8.94. The largest absolute Gasteiger partial charge is 0.384 e. The van der Waals surface area contributed by atoms with Gasteiger partial charge in [-0.1, -0.05) is 6.92 Å². The topological polar surface area (TPSA) is 125 Å². The van der Waals surface area contributed by atoms with E-state index < -0.39 is 10.1 Å². The van der Waals surface area contributed by atoms with Gasteiger partial charge in [-0.15, -0.1) is 0 Å². The number of benzene rings is 2. The van der Waals surface area contributed by atoms with Crippen molar-refractivity contribution < 1.29 is 17.4 Å². The van der Waals surface area contributed by atoms with Crippen molar-refractivity contribution in [2.24, 2.45) is 5.92 Å². The number of carbonyl (C=O) groups excluding carboxylic acids is 1. The summed E-state index contributed by atoms with van der Waals surface area (Å²) in [4.78, 5) is 19.2. The van der Waals surface area contributed by atoms with Gasteiger partial charge in [-0.3, -0.25) is 10.1 Å². The number of aromatic nitrogens is 2. The smallest absolute Gasteiger partial charge is 0.339 e. The van der Waals surface area contributed by atoms with Gasteiger partial charge in [-0.2, -0.15) is 8.42 Å². The molecule has 1 amide bonds. The number of nitrogens with one attached hydrogen (secondary N) is 4. The molecule has 0 bridgehead atoms. The molecule has 10 heteroatoms. The first-order valence-electron chi connectivity index (χ1n) is 10.2. The quantitative estimate of drug-likeness (QED) is 0.280. The summed E-state index contributed by atoms with van der Waals surface area (Å²) in [5.41, 5.74) is 2.00. The fourth-order valence-electron chi connectivity index (χ4n) is 3.05. The van der Waals surface area contributed by atoms with Gasteiger partial charge in [-0.25, -0.2) is 4.98 Å². The average Bonchev–Trinajstić information content (AvgIpc) is 3.52. The predicted molar refractivity (Wildman–Crippen MR) is 119 cm³/mol. The molecule has 0 saturated heterocycles. The normalized spacial score (nSPS) is 13.8. The van der Waals surface area contributed by atoms with Crippen molar-refractivity contribution in [3.8, 4) is 5.75 Å². The summed E-state index contributed by atoms with van der Waals surface area (Å²) in [5.74, 6) is 0.498. The molecule has 0 atom stereocenters. The Balaban J connectivity index is 1.42. The number of rotatable bonds is 10. The fourth-order valence-corrected chi connectivity index (χ4v) is 3.97. The number of hydrogen-bond acceptors (Lipinski definition) is 7. The van der Waals surface area contributed by atoms with Gasteiger partial charge in [-0.05, 0) is 55.8 Å². The van der Waals surface area contributed by atoms with E-state index in [0.717, 1.165) is 38.2 Å². The molecular weight excluding hydrogens is 418 g/mol. The van der Waals surface area contributed by atoms with Crippen molar-refractivity contribution in [3.63, 3.8) is 0 Å². The Morgan fingerprint density at radius 2 is 1.94 bits per heavy atom. The van der Waals surface area contributed by atoms with Crippen LogP contribution < -0.4 is 20.1 Å². The van der Waals surface area contributed by atoms with Gasteiger partial charge < -0.3 is 19.8 Å². The number of aromatic amines is 1. The summed E-state index contributed by atoms with van der Waals surface area (Å²) < 4.78 is 30.6. The first-order chi connectivity index (χ1) is 14.9. The zero-order chi connectivity index (χ0) is 21.8. The van der Waals surface area contributed by atoms with Crippen LogP contribution in [0.15, 0.2) is 47.4 Å². The Labute approximate surface area is 180 Å². The van der Waals surface area contributed by atoms with Gasteiger partial charge in [0.2, 0.25) is 11.9 Å². The highest BCUT2D eigenvalue weighted by molar-refractivity contribution is 7.87. The van der Waals surface area contributed by atoms with Crippen LogP contribution in [0.5, 0.6) is 5.75 Å². The molecule has 0 unspecified atom stereocenters. The summed E-state index contributed by atoms with van der Waals surface area (Å²) in [7, 11) is -3.99. The molecule has 164 valence electrons. The number of nitrogens with zero attached hydrogens (tertiary/aromatic N) is 1. The van der Waals surface area contributed by atoms with Crippen LogP contribution in [0.1, 0.15) is 19.8 Å². The lowest BCUT2D eigenvalue weighted by molar-refractivity contribution is -0.117. The van der Waals surface area contributed by atoms with Crippen LogP contribution in [-0.4, -0.2) is 43.9 Å². The summed E-state index contributed by atoms with van der Waals surface area (Å²) >= 11 is 0. The third-order valence-corrected chi connectivity index (χ3v) is 6.13. The van der Waals surface area contributed by atoms with E-state index in [1.165, 1.54) is 18.2 Å². The number of hydrogen-bond donors (Lipinski definition) is 4. The van der Waals surface area contributed by atoms with E-state index in [9.17, 15) is 13.2 Å². The minimum absolute atomic E-state index is 0.0577. The zero-order valence-corrected chi connectivity index (χ0v) is 18.0. The number of fused-ring (bicyclic) bond motifs is 1. The lowest BCUT2D eigenvalue weighted by atomic mass is 10.3. The van der Waals surface area contributed by atoms with E-state index in [4.69, 9.17) is 4.18 Å². The van der Waals surface area contributed by atoms with Crippen molar-refractivity contribution in [1.29, 1.82) is 0 Å². The highest BCUT2D eigenvalue weighted by Crippen LogP contribution is 2.30. The second-order valence-electron chi connectivity index (χ2n) is 7.37. The van der Waals surface area contributed by atoms with Crippen LogP contribution in [0.3, 0.4) is 0 Å². The first kappa shape index (κ1) is 21.1. The molecule has 31 heavy (non-hydrogen) atoms. The molecule has 4 N–H and O–H groups in total. The molecule has 2 aromatic carbocycles. The standard InChI is InChI=1S/C21H25N5O4S/c1-2-22-11-12-23-15-5-8-17(9-6-15)31(28,29)30-16-7-10-18-19(13-16)25-21(24-18)26-20(27)14-3-4-14/h5-10,13-14,22-23H,2-4,11-12H2,1H3,(H2,24,25,26,27). The molecule has 1 aromatic heterocycles. The van der Waals surface area contributed by atoms with Crippen LogP contribution in [0.4, 0.5) is 11.6 Å². The van der Waals surface area contributed by atoms with Crippen molar-refractivity contribution in [3.05, 3.63) is 42.5 Å². The Hall–Kier alpha value is -3.11. The maximum Gasteiger partial charge on any atom is 0.339 e. The van der Waals surface area contributed by atoms with Gasteiger partial charge in [0.15, 0.2) is 0 Å². The van der Waals surface area contributed by atoms with E-state index in [2.05, 4.69) is 25.9 Å². The SMILES string of the molecule is CCNCCNc1ccc(S(=O)(=O)Oc2ccc3nc(NC(=O)C4CC4)[nH]c3c2)cc1. The minimum atomic E-state index is -3.99. The third-order valence-electron chi connectivity index (χ3n) is 4.87. The zero-order valence-electron chi connectivity index (χ0n) is 17.1. The van der Waals surface area contributed by atoms with Gasteiger partial charge in [0.05, 0.1) is 11.0 Å². The number of H-pyrrole nitrogens is 1. The fraction of sp³-hybridized carbons (Fsp3) is 0.333. The number of anilines is 2. The molecule has 0 spiro atoms. The van der Waals surface area contributed by atoms with Crippen molar-refractivity contribution in [2.75, 3.05) is 30.3 Å². The highest BCUT2D eigenvalue weighted by Gasteiger charge is 2.30. The maximum atomic E-state index is 12.6. The lowest BCUT2D eigenvalue weighted by Crippen LogP contribution is -2.21. The van der Waals surface area contributed by atoms with Crippen LogP contribution in [0, 0.1) is 5.92 Å². The Morgan fingerprint density at radius 1 is 1.16 bits per heavy atom. The third kappa shape index (κ3) is 5.33. The monoisotopic (exact) mass is 443 g/mol. The molecule has 1 fully saturated rings. The van der Waals surface area contributed by atoms with E-state index in [1.54, 1.807) is 24.3 Å². The van der Waals surface area contributed by atoms with Crippen LogP contribution in [-0.2, 0) is 14.9 Å². The molecule has 1 saturated carbocycles. The molecule has 4 rings (SSSR count). The second-order valence-corrected chi connectivity index (χ2v) is 8.92. The lowest BCUT2D eigenvalue weighted by Gasteiger charge is -2.09. The Kier molecular flexibility index (Phi) is 6.10. The van der Waals surface area contributed by atoms with Crippen LogP contribution in [0.25, 0.3) is 11.0 Å². The highest BCUT2D eigenvalue weighted by atomic mass is 32.2.